The molecule has 2 aromatic rings. The van der Waals surface area contributed by atoms with Gasteiger partial charge in [0, 0.05) is 38.4 Å². The Bertz CT molecular complexity index is 999. The minimum atomic E-state index is -5.08. The molecule has 1 aromatic carbocycles. The molecule has 210 valence electrons. The van der Waals surface area contributed by atoms with Crippen LogP contribution >= 0.6 is 0 Å². The molecule has 2 N–H and O–H groups in total. The number of carbonyl (C=O) groups is 2. The summed E-state index contributed by atoms with van der Waals surface area (Å²) in [5.74, 6) is -5.51. The first-order chi connectivity index (χ1) is 17.7. The van der Waals surface area contributed by atoms with E-state index in [2.05, 4.69) is 40.2 Å². The smallest absolute Gasteiger partial charge is 0.475 e. The van der Waals surface area contributed by atoms with Crippen LogP contribution in [0.5, 0.6) is 0 Å². The SMILES string of the molecule is O=C(O)C(F)(F)F.O=C(O)C(F)(F)F.c1ccc(CN2CC[C@]3(C[C@@H](OCc4ccncc4)CO3)C2)cc1. The molecule has 2 saturated heterocycles. The molecule has 8 nitrogen and oxygen atoms in total. The zero-order valence-corrected chi connectivity index (χ0v) is 19.9. The van der Waals surface area contributed by atoms with Crippen molar-refractivity contribution in [2.24, 2.45) is 0 Å². The third-order valence-corrected chi connectivity index (χ3v) is 5.54. The molecular formula is C24H26F6N2O6. The van der Waals surface area contributed by atoms with Crippen LogP contribution in [0.1, 0.15) is 24.0 Å². The van der Waals surface area contributed by atoms with Crippen molar-refractivity contribution in [3.8, 4) is 0 Å². The van der Waals surface area contributed by atoms with E-state index in [-0.39, 0.29) is 11.7 Å². The number of halogens is 6. The number of hydrogen-bond donors (Lipinski definition) is 2. The molecule has 2 atom stereocenters. The van der Waals surface area contributed by atoms with Gasteiger partial charge in [-0.2, -0.15) is 26.3 Å². The standard InChI is InChI=1S/C20H24N2O2.2C2HF3O2/c1-2-4-17(5-3-1)13-22-11-8-20(16-22)12-19(15-24-20)23-14-18-6-9-21-10-7-18;2*3-2(4,5)1(6)7/h1-7,9-10,19H,8,11-16H2;2*(H,6,7)/t19-,20+;;/m1../s1. The van der Waals surface area contributed by atoms with Gasteiger partial charge in [-0.3, -0.25) is 9.88 Å². The van der Waals surface area contributed by atoms with Gasteiger partial charge in [0.1, 0.15) is 0 Å². The van der Waals surface area contributed by atoms with Gasteiger partial charge in [0.15, 0.2) is 0 Å². The van der Waals surface area contributed by atoms with Crippen LogP contribution in [0.2, 0.25) is 0 Å². The van der Waals surface area contributed by atoms with Crippen molar-refractivity contribution in [2.45, 2.75) is 50.1 Å². The van der Waals surface area contributed by atoms with Crippen LogP contribution in [0, 0.1) is 0 Å². The highest BCUT2D eigenvalue weighted by Gasteiger charge is 2.45. The van der Waals surface area contributed by atoms with Crippen molar-refractivity contribution in [1.29, 1.82) is 0 Å². The summed E-state index contributed by atoms with van der Waals surface area (Å²) in [5, 5.41) is 14.2. The van der Waals surface area contributed by atoms with Gasteiger partial charge in [0.25, 0.3) is 0 Å². The van der Waals surface area contributed by atoms with Gasteiger partial charge in [-0.15, -0.1) is 0 Å². The number of rotatable bonds is 5. The van der Waals surface area contributed by atoms with Crippen LogP contribution in [-0.4, -0.2) is 75.8 Å². The lowest BCUT2D eigenvalue weighted by molar-refractivity contribution is -0.193. The molecule has 1 aromatic heterocycles. The summed E-state index contributed by atoms with van der Waals surface area (Å²) in [5.41, 5.74) is 2.54. The molecule has 0 unspecified atom stereocenters. The maximum absolute atomic E-state index is 10.6. The second kappa shape index (κ2) is 13.5. The van der Waals surface area contributed by atoms with E-state index in [1.165, 1.54) is 11.1 Å². The van der Waals surface area contributed by atoms with E-state index in [9.17, 15) is 26.3 Å². The Hall–Kier alpha value is -3.23. The minimum absolute atomic E-state index is 0.00229. The number of nitrogens with zero attached hydrogens (tertiary/aromatic N) is 2. The molecule has 38 heavy (non-hydrogen) atoms. The molecule has 0 radical (unpaired) electrons. The van der Waals surface area contributed by atoms with E-state index < -0.39 is 24.3 Å². The van der Waals surface area contributed by atoms with Crippen LogP contribution < -0.4 is 0 Å². The van der Waals surface area contributed by atoms with Crippen molar-refractivity contribution in [3.63, 3.8) is 0 Å². The Kier molecular flexibility index (Phi) is 11.0. The average Bonchev–Trinajstić information content (AvgIpc) is 3.44. The Morgan fingerprint density at radius 3 is 2.05 bits per heavy atom. The van der Waals surface area contributed by atoms with Crippen LogP contribution in [0.25, 0.3) is 0 Å². The first kappa shape index (κ1) is 31.0. The number of pyridine rings is 1. The van der Waals surface area contributed by atoms with Crippen LogP contribution in [0.15, 0.2) is 54.9 Å². The third-order valence-electron chi connectivity index (χ3n) is 5.54. The second-order valence-electron chi connectivity index (χ2n) is 8.54. The Balaban J connectivity index is 0.000000301. The maximum Gasteiger partial charge on any atom is 0.490 e. The summed E-state index contributed by atoms with van der Waals surface area (Å²) in [6.45, 7) is 4.47. The number of benzene rings is 1. The fraction of sp³-hybridized carbons (Fsp3) is 0.458. The average molecular weight is 552 g/mol. The molecule has 0 aliphatic carbocycles. The Labute approximate surface area is 213 Å². The van der Waals surface area contributed by atoms with E-state index in [1.54, 1.807) is 0 Å². The number of ether oxygens (including phenoxy) is 2. The predicted octanol–water partition coefficient (Wildman–Crippen LogP) is 4.30. The van der Waals surface area contributed by atoms with Crippen LogP contribution in [0.4, 0.5) is 26.3 Å². The second-order valence-corrected chi connectivity index (χ2v) is 8.54. The fourth-order valence-corrected chi connectivity index (χ4v) is 3.79. The van der Waals surface area contributed by atoms with Gasteiger partial charge in [0.05, 0.1) is 24.9 Å². The molecule has 14 heteroatoms. The largest absolute Gasteiger partial charge is 0.490 e. The number of hydrogen-bond acceptors (Lipinski definition) is 6. The Morgan fingerprint density at radius 1 is 0.974 bits per heavy atom. The normalized spacial score (nSPS) is 21.3. The summed E-state index contributed by atoms with van der Waals surface area (Å²) in [6.07, 6.45) is -4.24. The number of carboxylic acid groups (broad SMARTS) is 2. The number of likely N-dealkylation sites (tertiary alicyclic amines) is 1. The number of alkyl halides is 6. The lowest BCUT2D eigenvalue weighted by atomic mass is 9.98. The summed E-state index contributed by atoms with van der Waals surface area (Å²) in [4.78, 5) is 24.3. The van der Waals surface area contributed by atoms with Crippen molar-refractivity contribution in [3.05, 3.63) is 66.0 Å². The highest BCUT2D eigenvalue weighted by Crippen LogP contribution is 2.37. The molecule has 3 heterocycles. The minimum Gasteiger partial charge on any atom is -0.475 e. The molecule has 1 spiro atoms. The predicted molar refractivity (Wildman–Crippen MR) is 120 cm³/mol. The quantitative estimate of drug-likeness (QED) is 0.529. The third kappa shape index (κ3) is 10.6. The fourth-order valence-electron chi connectivity index (χ4n) is 3.79. The Morgan fingerprint density at radius 2 is 1.53 bits per heavy atom. The van der Waals surface area contributed by atoms with Gasteiger partial charge in [-0.25, -0.2) is 9.59 Å². The molecule has 2 aliphatic rings. The van der Waals surface area contributed by atoms with E-state index in [4.69, 9.17) is 29.3 Å². The van der Waals surface area contributed by atoms with Gasteiger partial charge >= 0.3 is 24.3 Å². The molecule has 2 aliphatic heterocycles. The molecule has 0 amide bonds. The first-order valence-electron chi connectivity index (χ1n) is 11.2. The lowest BCUT2D eigenvalue weighted by Gasteiger charge is -2.23. The van der Waals surface area contributed by atoms with Gasteiger partial charge in [0.2, 0.25) is 0 Å². The van der Waals surface area contributed by atoms with Crippen molar-refractivity contribution >= 4 is 11.9 Å². The van der Waals surface area contributed by atoms with Gasteiger partial charge < -0.3 is 19.7 Å². The van der Waals surface area contributed by atoms with E-state index in [0.717, 1.165) is 32.5 Å². The maximum atomic E-state index is 10.6. The molecule has 0 saturated carbocycles. The molecule has 4 rings (SSSR count). The summed E-state index contributed by atoms with van der Waals surface area (Å²) in [7, 11) is 0. The van der Waals surface area contributed by atoms with Crippen LogP contribution in [0.3, 0.4) is 0 Å². The lowest BCUT2D eigenvalue weighted by Crippen LogP contribution is -2.32. The van der Waals surface area contributed by atoms with Gasteiger partial charge in [-0.05, 0) is 29.7 Å². The van der Waals surface area contributed by atoms with E-state index in [1.807, 2.05) is 24.5 Å². The van der Waals surface area contributed by atoms with Crippen molar-refractivity contribution in [2.75, 3.05) is 19.7 Å². The summed E-state index contributed by atoms with van der Waals surface area (Å²) < 4.78 is 75.7. The number of aliphatic carboxylic acids is 2. The molecule has 2 fully saturated rings. The van der Waals surface area contributed by atoms with Gasteiger partial charge in [-0.1, -0.05) is 30.3 Å². The number of aromatic nitrogens is 1. The molecular weight excluding hydrogens is 526 g/mol. The number of carboxylic acids is 2. The van der Waals surface area contributed by atoms with E-state index >= 15 is 0 Å². The first-order valence-corrected chi connectivity index (χ1v) is 11.2. The van der Waals surface area contributed by atoms with Crippen molar-refractivity contribution in [1.82, 2.24) is 9.88 Å². The van der Waals surface area contributed by atoms with Crippen LogP contribution in [-0.2, 0) is 32.2 Å². The monoisotopic (exact) mass is 552 g/mol. The topological polar surface area (TPSA) is 109 Å². The summed E-state index contributed by atoms with van der Waals surface area (Å²) >= 11 is 0. The zero-order chi connectivity index (χ0) is 28.4. The van der Waals surface area contributed by atoms with E-state index in [0.29, 0.717) is 13.2 Å². The zero-order valence-electron chi connectivity index (χ0n) is 19.9. The summed E-state index contributed by atoms with van der Waals surface area (Å²) in [6, 6.07) is 14.7. The highest BCUT2D eigenvalue weighted by atomic mass is 19.4. The highest BCUT2D eigenvalue weighted by molar-refractivity contribution is 5.73. The van der Waals surface area contributed by atoms with Crippen molar-refractivity contribution < 1.29 is 55.6 Å². The molecule has 0 bridgehead atoms.